The first-order valence-corrected chi connectivity index (χ1v) is 11.0. The SMILES string of the molecule is COc1ccccc1NC(=S)Nc1cccc(SCC(=O)Nc2ccc(O)c(C(=O)O)c2)c1. The van der Waals surface area contributed by atoms with Gasteiger partial charge in [-0.2, -0.15) is 0 Å². The standard InChI is InChI=1S/C23H21N3O5S2/c1-31-20-8-3-2-7-18(20)26-23(32)25-14-5-4-6-16(11-14)33-13-21(28)24-15-9-10-19(27)17(12-15)22(29)30/h2-12,27H,13H2,1H3,(H,24,28)(H,29,30)(H2,25,26,32). The van der Waals surface area contributed by atoms with Gasteiger partial charge in [0.2, 0.25) is 5.91 Å². The minimum atomic E-state index is -1.28. The number of phenols is 1. The predicted molar refractivity (Wildman–Crippen MR) is 134 cm³/mol. The van der Waals surface area contributed by atoms with Gasteiger partial charge in [-0.05, 0) is 60.7 Å². The number of methoxy groups -OCH3 is 1. The number of anilines is 3. The van der Waals surface area contributed by atoms with Crippen LogP contribution in [-0.2, 0) is 4.79 Å². The molecule has 0 bridgehead atoms. The van der Waals surface area contributed by atoms with Crippen LogP contribution in [0.1, 0.15) is 10.4 Å². The summed E-state index contributed by atoms with van der Waals surface area (Å²) in [4.78, 5) is 24.2. The topological polar surface area (TPSA) is 120 Å². The van der Waals surface area contributed by atoms with Gasteiger partial charge >= 0.3 is 5.97 Å². The number of thiocarbonyl (C=S) groups is 1. The average molecular weight is 484 g/mol. The van der Waals surface area contributed by atoms with Crippen molar-refractivity contribution < 1.29 is 24.5 Å². The van der Waals surface area contributed by atoms with Gasteiger partial charge in [0.25, 0.3) is 0 Å². The van der Waals surface area contributed by atoms with Crippen LogP contribution in [0.4, 0.5) is 17.1 Å². The van der Waals surface area contributed by atoms with Crippen LogP contribution in [0.2, 0.25) is 0 Å². The van der Waals surface area contributed by atoms with Gasteiger partial charge < -0.3 is 30.9 Å². The maximum atomic E-state index is 12.3. The number of carbonyl (C=O) groups is 2. The third-order valence-electron chi connectivity index (χ3n) is 4.33. The van der Waals surface area contributed by atoms with Crippen molar-refractivity contribution in [3.05, 3.63) is 72.3 Å². The van der Waals surface area contributed by atoms with Gasteiger partial charge in [-0.15, -0.1) is 11.8 Å². The summed E-state index contributed by atoms with van der Waals surface area (Å²) < 4.78 is 5.30. The lowest BCUT2D eigenvalue weighted by Gasteiger charge is -2.14. The lowest BCUT2D eigenvalue weighted by molar-refractivity contribution is -0.113. The molecule has 33 heavy (non-hydrogen) atoms. The number of amides is 1. The zero-order valence-electron chi connectivity index (χ0n) is 17.5. The molecule has 3 aromatic rings. The van der Waals surface area contributed by atoms with Crippen LogP contribution < -0.4 is 20.7 Å². The molecule has 8 nitrogen and oxygen atoms in total. The smallest absolute Gasteiger partial charge is 0.339 e. The second-order valence-electron chi connectivity index (χ2n) is 6.68. The Balaban J connectivity index is 1.55. The first-order chi connectivity index (χ1) is 15.9. The summed E-state index contributed by atoms with van der Waals surface area (Å²) in [5.74, 6) is -1.18. The van der Waals surface area contributed by atoms with E-state index in [-0.39, 0.29) is 23.0 Å². The van der Waals surface area contributed by atoms with Gasteiger partial charge in [0.1, 0.15) is 17.1 Å². The lowest BCUT2D eigenvalue weighted by atomic mass is 10.2. The fourth-order valence-electron chi connectivity index (χ4n) is 2.83. The minimum Gasteiger partial charge on any atom is -0.507 e. The summed E-state index contributed by atoms with van der Waals surface area (Å²) in [7, 11) is 1.58. The van der Waals surface area contributed by atoms with Crippen LogP contribution in [0.25, 0.3) is 0 Å². The molecular weight excluding hydrogens is 462 g/mol. The molecule has 0 aliphatic carbocycles. The highest BCUT2D eigenvalue weighted by Crippen LogP contribution is 2.25. The highest BCUT2D eigenvalue weighted by molar-refractivity contribution is 8.00. The number of hydrogen-bond donors (Lipinski definition) is 5. The van der Waals surface area contributed by atoms with Gasteiger partial charge in [-0.25, -0.2) is 4.79 Å². The van der Waals surface area contributed by atoms with Crippen molar-refractivity contribution in [3.8, 4) is 11.5 Å². The molecule has 170 valence electrons. The Morgan fingerprint density at radius 3 is 2.48 bits per heavy atom. The molecule has 0 aliphatic rings. The number of carboxylic acids is 1. The summed E-state index contributed by atoms with van der Waals surface area (Å²) in [5, 5.41) is 27.8. The molecule has 10 heteroatoms. The van der Waals surface area contributed by atoms with Crippen LogP contribution >= 0.6 is 24.0 Å². The molecule has 0 atom stereocenters. The minimum absolute atomic E-state index is 0.108. The fourth-order valence-corrected chi connectivity index (χ4v) is 3.81. The van der Waals surface area contributed by atoms with E-state index in [1.165, 1.54) is 30.0 Å². The molecule has 0 saturated heterocycles. The molecule has 0 unspecified atom stereocenters. The number of carboxylic acid groups (broad SMARTS) is 1. The molecule has 5 N–H and O–H groups in total. The number of thioether (sulfide) groups is 1. The van der Waals surface area contributed by atoms with Crippen LogP contribution in [0, 0.1) is 0 Å². The van der Waals surface area contributed by atoms with E-state index in [0.29, 0.717) is 16.5 Å². The molecule has 0 aliphatic heterocycles. The van der Waals surface area contributed by atoms with Gasteiger partial charge in [-0.1, -0.05) is 18.2 Å². The first-order valence-electron chi connectivity index (χ1n) is 9.66. The van der Waals surface area contributed by atoms with E-state index in [1.807, 2.05) is 48.5 Å². The second kappa shape index (κ2) is 11.2. The van der Waals surface area contributed by atoms with E-state index < -0.39 is 5.97 Å². The van der Waals surface area contributed by atoms with E-state index in [9.17, 15) is 14.7 Å². The van der Waals surface area contributed by atoms with Crippen molar-refractivity contribution >= 4 is 58.0 Å². The normalized spacial score (nSPS) is 10.2. The average Bonchev–Trinajstić information content (AvgIpc) is 2.79. The summed E-state index contributed by atoms with van der Waals surface area (Å²) >= 11 is 6.69. The highest BCUT2D eigenvalue weighted by Gasteiger charge is 2.12. The van der Waals surface area contributed by atoms with Gasteiger partial charge in [0.05, 0.1) is 18.6 Å². The van der Waals surface area contributed by atoms with Crippen molar-refractivity contribution in [2.24, 2.45) is 0 Å². The second-order valence-corrected chi connectivity index (χ2v) is 8.14. The van der Waals surface area contributed by atoms with E-state index in [0.717, 1.165) is 16.3 Å². The monoisotopic (exact) mass is 483 g/mol. The Bertz CT molecular complexity index is 1190. The largest absolute Gasteiger partial charge is 0.507 e. The van der Waals surface area contributed by atoms with Gasteiger partial charge in [-0.3, -0.25) is 4.79 Å². The van der Waals surface area contributed by atoms with Gasteiger partial charge in [0.15, 0.2) is 5.11 Å². The van der Waals surface area contributed by atoms with Crippen LogP contribution in [-0.4, -0.2) is 40.1 Å². The molecule has 0 heterocycles. The molecular formula is C23H21N3O5S2. The van der Waals surface area contributed by atoms with Crippen molar-refractivity contribution in [2.75, 3.05) is 28.8 Å². The molecule has 0 spiro atoms. The Morgan fingerprint density at radius 2 is 1.73 bits per heavy atom. The first kappa shape index (κ1) is 23.9. The number of carbonyl (C=O) groups excluding carboxylic acids is 1. The number of benzene rings is 3. The summed E-state index contributed by atoms with van der Waals surface area (Å²) in [6, 6.07) is 18.7. The highest BCUT2D eigenvalue weighted by atomic mass is 32.2. The van der Waals surface area contributed by atoms with Crippen molar-refractivity contribution in [2.45, 2.75) is 4.90 Å². The molecule has 0 radical (unpaired) electrons. The quantitative estimate of drug-likeness (QED) is 0.177. The van der Waals surface area contributed by atoms with Crippen LogP contribution in [0.3, 0.4) is 0 Å². The number of rotatable bonds is 8. The third kappa shape index (κ3) is 6.86. The Labute approximate surface area is 200 Å². The van der Waals surface area contributed by atoms with Crippen LogP contribution in [0.15, 0.2) is 71.6 Å². The van der Waals surface area contributed by atoms with Crippen LogP contribution in [0.5, 0.6) is 11.5 Å². The Morgan fingerprint density at radius 1 is 0.970 bits per heavy atom. The molecule has 0 fully saturated rings. The van der Waals surface area contributed by atoms with Crippen molar-refractivity contribution in [1.82, 2.24) is 0 Å². The number of hydrogen-bond acceptors (Lipinski definition) is 6. The maximum absolute atomic E-state index is 12.3. The molecule has 0 aromatic heterocycles. The zero-order valence-corrected chi connectivity index (χ0v) is 19.1. The fraction of sp³-hybridized carbons (Fsp3) is 0.0870. The Kier molecular flexibility index (Phi) is 8.11. The number of aromatic hydroxyl groups is 1. The van der Waals surface area contributed by atoms with E-state index in [2.05, 4.69) is 16.0 Å². The molecule has 1 amide bonds. The van der Waals surface area contributed by atoms with E-state index in [4.69, 9.17) is 22.1 Å². The molecule has 3 rings (SSSR count). The predicted octanol–water partition coefficient (Wildman–Crippen LogP) is 4.64. The van der Waals surface area contributed by atoms with Crippen molar-refractivity contribution in [3.63, 3.8) is 0 Å². The molecule has 3 aromatic carbocycles. The summed E-state index contributed by atoms with van der Waals surface area (Å²) in [6.07, 6.45) is 0. The van der Waals surface area contributed by atoms with Gasteiger partial charge in [0, 0.05) is 16.3 Å². The van der Waals surface area contributed by atoms with E-state index >= 15 is 0 Å². The number of aromatic carboxylic acids is 1. The summed E-state index contributed by atoms with van der Waals surface area (Å²) in [5.41, 5.74) is 1.49. The summed E-state index contributed by atoms with van der Waals surface area (Å²) in [6.45, 7) is 0. The zero-order chi connectivity index (χ0) is 23.8. The lowest BCUT2D eigenvalue weighted by Crippen LogP contribution is -2.19. The third-order valence-corrected chi connectivity index (χ3v) is 5.53. The van der Waals surface area contributed by atoms with E-state index in [1.54, 1.807) is 7.11 Å². The number of nitrogens with one attached hydrogen (secondary N) is 3. The number of ether oxygens (including phenoxy) is 1. The maximum Gasteiger partial charge on any atom is 0.339 e. The van der Waals surface area contributed by atoms with Crippen molar-refractivity contribution in [1.29, 1.82) is 0 Å². The number of para-hydroxylation sites is 2. The Hall–Kier alpha value is -3.76. The molecule has 0 saturated carbocycles.